The van der Waals surface area contributed by atoms with E-state index >= 15 is 0 Å². The quantitative estimate of drug-likeness (QED) is 0.383. The van der Waals surface area contributed by atoms with Gasteiger partial charge in [0.15, 0.2) is 5.49 Å². The lowest BCUT2D eigenvalue weighted by Crippen LogP contribution is -2.44. The molecule has 40 heavy (non-hydrogen) atoms. The first-order valence-corrected chi connectivity index (χ1v) is 15.1. The number of amides is 1. The molecule has 0 saturated heterocycles. The predicted molar refractivity (Wildman–Crippen MR) is 156 cm³/mol. The molecule has 0 aromatic carbocycles. The molecule has 2 unspecified atom stereocenters. The molecule has 0 N–H and O–H groups in total. The second-order valence-corrected chi connectivity index (χ2v) is 12.6. The lowest BCUT2D eigenvalue weighted by Gasteiger charge is -2.36. The number of allylic oxidation sites excluding steroid dienone is 3. The average molecular weight is 606 g/mol. The van der Waals surface area contributed by atoms with Crippen LogP contribution in [0.3, 0.4) is 0 Å². The number of pyridine rings is 1. The topological polar surface area (TPSA) is 95.5 Å². The predicted octanol–water partition coefficient (Wildman–Crippen LogP) is 3.80. The maximum atomic E-state index is 13.3. The van der Waals surface area contributed by atoms with E-state index in [1.807, 2.05) is 0 Å². The Morgan fingerprint density at radius 3 is 2.33 bits per heavy atom. The van der Waals surface area contributed by atoms with E-state index in [9.17, 15) is 14.7 Å². The Kier molecular flexibility index (Phi) is 8.50. The van der Waals surface area contributed by atoms with Crippen molar-refractivity contribution in [3.8, 4) is 5.88 Å². The first-order valence-electron chi connectivity index (χ1n) is 13.7. The lowest BCUT2D eigenvalue weighted by atomic mass is 9.94. The van der Waals surface area contributed by atoms with Gasteiger partial charge in [-0.1, -0.05) is 43.6 Å². The van der Waals surface area contributed by atoms with Gasteiger partial charge in [-0.3, -0.25) is 18.8 Å². The molecule has 0 bridgehead atoms. The zero-order chi connectivity index (χ0) is 28.7. The molecule has 2 saturated carbocycles. The normalized spacial score (nSPS) is 26.3. The van der Waals surface area contributed by atoms with Crippen LogP contribution in [0.4, 0.5) is 0 Å². The van der Waals surface area contributed by atoms with Crippen molar-refractivity contribution in [2.24, 2.45) is 12.1 Å². The van der Waals surface area contributed by atoms with Crippen molar-refractivity contribution < 1.29 is 9.90 Å². The van der Waals surface area contributed by atoms with Crippen molar-refractivity contribution in [3.05, 3.63) is 61.7 Å². The van der Waals surface area contributed by atoms with E-state index in [1.165, 1.54) is 15.7 Å². The number of hydrogen-bond acceptors (Lipinski definition) is 5. The van der Waals surface area contributed by atoms with Gasteiger partial charge in [-0.2, -0.15) is 10.2 Å². The molecule has 3 aliphatic rings. The van der Waals surface area contributed by atoms with Gasteiger partial charge in [-0.25, -0.2) is 5.01 Å². The summed E-state index contributed by atoms with van der Waals surface area (Å²) >= 11 is 19.3. The summed E-state index contributed by atoms with van der Waals surface area (Å²) in [7, 11) is 1.65. The zero-order valence-electron chi connectivity index (χ0n) is 22.8. The van der Waals surface area contributed by atoms with Crippen LogP contribution >= 0.6 is 34.8 Å². The fraction of sp³-hybridized carbons (Fsp3) is 0.517. The van der Waals surface area contributed by atoms with Gasteiger partial charge in [-0.15, -0.1) is 34.8 Å². The van der Waals surface area contributed by atoms with E-state index < -0.39 is 6.04 Å². The summed E-state index contributed by atoms with van der Waals surface area (Å²) in [6.07, 6.45) is 14.9. The van der Waals surface area contributed by atoms with Crippen molar-refractivity contribution in [2.75, 3.05) is 0 Å². The van der Waals surface area contributed by atoms with Crippen LogP contribution in [0.5, 0.6) is 5.88 Å². The highest BCUT2D eigenvalue weighted by Gasteiger charge is 2.38. The zero-order valence-corrected chi connectivity index (χ0v) is 25.1. The van der Waals surface area contributed by atoms with Crippen LogP contribution in [0, 0.1) is 13.8 Å². The molecule has 1 aliphatic heterocycles. The molecular formula is C29H33Cl3N5O3-. The second kappa shape index (κ2) is 11.7. The van der Waals surface area contributed by atoms with Gasteiger partial charge < -0.3 is 5.11 Å². The summed E-state index contributed by atoms with van der Waals surface area (Å²) in [5.41, 5.74) is 2.34. The van der Waals surface area contributed by atoms with Crippen molar-refractivity contribution >= 4 is 52.9 Å². The van der Waals surface area contributed by atoms with E-state index in [1.54, 1.807) is 56.3 Å². The van der Waals surface area contributed by atoms with Gasteiger partial charge in [0, 0.05) is 23.2 Å². The average Bonchev–Trinajstić information content (AvgIpc) is 3.40. The Morgan fingerprint density at radius 2 is 1.65 bits per heavy atom. The maximum absolute atomic E-state index is 13.3. The summed E-state index contributed by atoms with van der Waals surface area (Å²) in [4.78, 5) is 26.5. The Labute approximate surface area is 248 Å². The van der Waals surface area contributed by atoms with Crippen LogP contribution in [-0.2, 0) is 7.05 Å². The Morgan fingerprint density at radius 1 is 0.975 bits per heavy atom. The molecule has 2 aliphatic carbocycles. The number of fused-ring (bicyclic) bond motifs is 1. The van der Waals surface area contributed by atoms with Crippen LogP contribution < -0.4 is 21.4 Å². The van der Waals surface area contributed by atoms with Crippen LogP contribution in [-0.4, -0.2) is 47.4 Å². The third kappa shape index (κ3) is 5.26. The Balaban J connectivity index is 1.38. The summed E-state index contributed by atoms with van der Waals surface area (Å²) in [6.45, 7) is 3.56. The molecule has 0 spiro atoms. The van der Waals surface area contributed by atoms with Crippen LogP contribution in [0.25, 0.3) is 12.2 Å². The Bertz CT molecular complexity index is 1540. The van der Waals surface area contributed by atoms with Crippen LogP contribution in [0.1, 0.15) is 78.2 Å². The monoisotopic (exact) mass is 604 g/mol. The molecule has 2 atom stereocenters. The minimum atomic E-state index is -0.432. The molecule has 2 aromatic rings. The maximum Gasteiger partial charge on any atom is 0.278 e. The third-order valence-electron chi connectivity index (χ3n) is 8.22. The van der Waals surface area contributed by atoms with E-state index in [-0.39, 0.29) is 39.5 Å². The second-order valence-electron chi connectivity index (χ2n) is 10.9. The summed E-state index contributed by atoms with van der Waals surface area (Å²) in [5, 5.41) is 23.3. The SMILES string of the molecule is Cc1nn(C2C(Cl)CC(Cl)CC2Cl)c([O-])c1C=CC=C/C=c1\c(C)c2c(n(C)c1=O)=NN(C1CCCCC1)C2=O. The minimum Gasteiger partial charge on any atom is -0.858 e. The fourth-order valence-corrected chi connectivity index (χ4v) is 7.64. The molecule has 8 nitrogen and oxygen atoms in total. The summed E-state index contributed by atoms with van der Waals surface area (Å²) in [5.74, 6) is -0.393. The number of alkyl halides is 3. The molecule has 2 aromatic heterocycles. The van der Waals surface area contributed by atoms with Gasteiger partial charge in [0.2, 0.25) is 0 Å². The van der Waals surface area contributed by atoms with Gasteiger partial charge in [0.1, 0.15) is 0 Å². The molecule has 2 fully saturated rings. The van der Waals surface area contributed by atoms with Crippen molar-refractivity contribution in [3.63, 3.8) is 0 Å². The number of rotatable bonds is 5. The molecular weight excluding hydrogens is 573 g/mol. The molecule has 3 heterocycles. The van der Waals surface area contributed by atoms with Crippen molar-refractivity contribution in [1.82, 2.24) is 19.4 Å². The summed E-state index contributed by atoms with van der Waals surface area (Å²) in [6, 6.07) is -0.349. The fourth-order valence-electron chi connectivity index (χ4n) is 6.01. The Hall–Kier alpha value is -2.55. The standard InChI is InChI=1S/C29H34Cl3N5O3/c1-16-20(27(38)35(3)26-24(16)29(40)36(34-26)19-10-6-4-7-11-19)12-8-5-9-13-21-17(2)33-37(28(21)39)25-22(31)14-18(30)15-23(25)32/h5,8-9,12-13,18-19,22-23,25,39H,4,6-7,10-11,14-15H2,1-3H3/p-1/b8-5?,13-9?,20-12+. The number of carbonyl (C=O) groups is 1. The third-order valence-corrected chi connectivity index (χ3v) is 9.45. The molecule has 214 valence electrons. The van der Waals surface area contributed by atoms with E-state index in [2.05, 4.69) is 10.2 Å². The molecule has 5 rings (SSSR count). The van der Waals surface area contributed by atoms with Crippen molar-refractivity contribution in [1.29, 1.82) is 0 Å². The van der Waals surface area contributed by atoms with Gasteiger partial charge in [-0.05, 0) is 57.1 Å². The number of aryl methyl sites for hydroxylation is 1. The largest absolute Gasteiger partial charge is 0.858 e. The molecule has 1 amide bonds. The van der Waals surface area contributed by atoms with E-state index in [4.69, 9.17) is 34.8 Å². The smallest absolute Gasteiger partial charge is 0.278 e. The first-order chi connectivity index (χ1) is 19.1. The molecule has 0 radical (unpaired) electrons. The van der Waals surface area contributed by atoms with Crippen LogP contribution in [0.2, 0.25) is 0 Å². The number of hydrogen-bond donors (Lipinski definition) is 0. The molecule has 11 heteroatoms. The number of halogens is 3. The van der Waals surface area contributed by atoms with E-state index in [0.717, 1.165) is 25.7 Å². The highest BCUT2D eigenvalue weighted by atomic mass is 35.5. The number of nitrogens with zero attached hydrogens (tertiary/aromatic N) is 5. The van der Waals surface area contributed by atoms with Crippen LogP contribution in [0.15, 0.2) is 28.1 Å². The summed E-state index contributed by atoms with van der Waals surface area (Å²) < 4.78 is 2.84. The first kappa shape index (κ1) is 29.0. The lowest BCUT2D eigenvalue weighted by molar-refractivity contribution is -0.281. The van der Waals surface area contributed by atoms with Gasteiger partial charge in [0.05, 0.1) is 34.1 Å². The minimum absolute atomic E-state index is 0.0836. The highest BCUT2D eigenvalue weighted by molar-refractivity contribution is 6.27. The highest BCUT2D eigenvalue weighted by Crippen LogP contribution is 2.40. The van der Waals surface area contributed by atoms with Crippen molar-refractivity contribution in [2.45, 2.75) is 87.0 Å². The van der Waals surface area contributed by atoms with Gasteiger partial charge in [0.25, 0.3) is 11.5 Å². The number of aromatic nitrogens is 3. The van der Waals surface area contributed by atoms with E-state index in [0.29, 0.717) is 45.9 Å². The number of carbonyl (C=O) groups excluding carboxylic acids is 1. The van der Waals surface area contributed by atoms with Gasteiger partial charge >= 0.3 is 0 Å².